The summed E-state index contributed by atoms with van der Waals surface area (Å²) in [6.45, 7) is 3.69. The molecular weight excluding hydrogens is 389 g/mol. The van der Waals surface area contributed by atoms with E-state index < -0.39 is 19.8 Å². The van der Waals surface area contributed by atoms with Gasteiger partial charge in [0, 0.05) is 22.8 Å². The number of ether oxygens (including phenoxy) is 1. The number of amides is 1. The van der Waals surface area contributed by atoms with E-state index in [4.69, 9.17) is 15.4 Å². The Bertz CT molecular complexity index is 636. The van der Waals surface area contributed by atoms with Crippen molar-refractivity contribution in [1.29, 1.82) is 0 Å². The van der Waals surface area contributed by atoms with Gasteiger partial charge in [0.1, 0.15) is 16.5 Å². The highest BCUT2D eigenvalue weighted by Crippen LogP contribution is 2.31. The highest BCUT2D eigenvalue weighted by Gasteiger charge is 2.19. The third-order valence-electron chi connectivity index (χ3n) is 2.29. The minimum atomic E-state index is -4.17. The van der Waals surface area contributed by atoms with Crippen molar-refractivity contribution in [2.24, 2.45) is 0 Å². The van der Waals surface area contributed by atoms with Crippen molar-refractivity contribution in [3.8, 4) is 5.75 Å². The molecule has 0 heterocycles. The SMILES string of the molecule is CC(C)NC(=O)CCOc1cc(F)c(S(=O)(=O)Cl)cc1Br. The van der Waals surface area contributed by atoms with Gasteiger partial charge in [-0.2, -0.15) is 0 Å². The van der Waals surface area contributed by atoms with Crippen LogP contribution in [0.25, 0.3) is 0 Å². The van der Waals surface area contributed by atoms with E-state index in [1.54, 1.807) is 0 Å². The largest absolute Gasteiger partial charge is 0.492 e. The van der Waals surface area contributed by atoms with E-state index in [1.807, 2.05) is 13.8 Å². The normalized spacial score (nSPS) is 11.5. The standard InChI is InChI=1S/C12H14BrClFNO4S/c1-7(2)16-12(17)3-4-20-10-6-9(15)11(5-8(10)13)21(14,18)19/h5-7H,3-4H2,1-2H3,(H,16,17). The summed E-state index contributed by atoms with van der Waals surface area (Å²) in [7, 11) is 0.927. The minimum absolute atomic E-state index is 0.0230. The van der Waals surface area contributed by atoms with Gasteiger partial charge in [-0.25, -0.2) is 12.8 Å². The van der Waals surface area contributed by atoms with Crippen molar-refractivity contribution in [2.45, 2.75) is 31.2 Å². The maximum absolute atomic E-state index is 13.6. The first-order chi connectivity index (χ1) is 9.61. The quantitative estimate of drug-likeness (QED) is 0.743. The molecular formula is C12H14BrClFNO4S. The van der Waals surface area contributed by atoms with Crippen LogP contribution in [0, 0.1) is 5.82 Å². The number of hydrogen-bond acceptors (Lipinski definition) is 4. The van der Waals surface area contributed by atoms with Crippen molar-refractivity contribution in [2.75, 3.05) is 6.61 Å². The van der Waals surface area contributed by atoms with Gasteiger partial charge in [0.05, 0.1) is 17.5 Å². The van der Waals surface area contributed by atoms with Gasteiger partial charge >= 0.3 is 0 Å². The van der Waals surface area contributed by atoms with E-state index in [-0.39, 0.29) is 35.2 Å². The predicted molar refractivity (Wildman–Crippen MR) is 80.5 cm³/mol. The molecule has 1 aromatic rings. The molecule has 118 valence electrons. The Morgan fingerprint density at radius 3 is 2.62 bits per heavy atom. The first kappa shape index (κ1) is 18.2. The van der Waals surface area contributed by atoms with E-state index in [0.29, 0.717) is 0 Å². The second-order valence-corrected chi connectivity index (χ2v) is 7.86. The van der Waals surface area contributed by atoms with E-state index in [0.717, 1.165) is 12.1 Å². The fourth-order valence-electron chi connectivity index (χ4n) is 1.46. The number of rotatable bonds is 6. The molecule has 0 saturated carbocycles. The lowest BCUT2D eigenvalue weighted by molar-refractivity contribution is -0.122. The van der Waals surface area contributed by atoms with Gasteiger partial charge < -0.3 is 10.1 Å². The number of halogens is 3. The molecule has 0 saturated heterocycles. The summed E-state index contributed by atoms with van der Waals surface area (Å²) in [6, 6.07) is 1.94. The fraction of sp³-hybridized carbons (Fsp3) is 0.417. The Morgan fingerprint density at radius 2 is 2.10 bits per heavy atom. The lowest BCUT2D eigenvalue weighted by Crippen LogP contribution is -2.31. The van der Waals surface area contributed by atoms with Crippen LogP contribution in [0.3, 0.4) is 0 Å². The average Bonchev–Trinajstić information content (AvgIpc) is 2.30. The molecule has 1 amide bonds. The number of nitrogens with one attached hydrogen (secondary N) is 1. The molecule has 9 heteroatoms. The van der Waals surface area contributed by atoms with Crippen LogP contribution in [0.4, 0.5) is 4.39 Å². The molecule has 0 bridgehead atoms. The van der Waals surface area contributed by atoms with Crippen LogP contribution in [0.5, 0.6) is 5.75 Å². The van der Waals surface area contributed by atoms with Crippen LogP contribution in [0.15, 0.2) is 21.5 Å². The van der Waals surface area contributed by atoms with Crippen LogP contribution in [0.2, 0.25) is 0 Å². The molecule has 0 spiro atoms. The first-order valence-electron chi connectivity index (χ1n) is 5.97. The summed E-state index contributed by atoms with van der Waals surface area (Å²) in [5.74, 6) is -1.12. The van der Waals surface area contributed by atoms with Crippen molar-refractivity contribution in [1.82, 2.24) is 5.32 Å². The highest BCUT2D eigenvalue weighted by molar-refractivity contribution is 9.10. The fourth-order valence-corrected chi connectivity index (χ4v) is 2.97. The zero-order valence-electron chi connectivity index (χ0n) is 11.3. The van der Waals surface area contributed by atoms with Crippen molar-refractivity contribution in [3.05, 3.63) is 22.4 Å². The van der Waals surface area contributed by atoms with E-state index >= 15 is 0 Å². The van der Waals surface area contributed by atoms with E-state index in [2.05, 4.69) is 21.2 Å². The summed E-state index contributed by atoms with van der Waals surface area (Å²) in [4.78, 5) is 10.8. The molecule has 0 aliphatic carbocycles. The third-order valence-corrected chi connectivity index (χ3v) is 4.24. The minimum Gasteiger partial charge on any atom is -0.492 e. The van der Waals surface area contributed by atoms with Crippen LogP contribution in [0.1, 0.15) is 20.3 Å². The van der Waals surface area contributed by atoms with Gasteiger partial charge in [0.15, 0.2) is 0 Å². The van der Waals surface area contributed by atoms with Crippen LogP contribution >= 0.6 is 26.6 Å². The molecule has 0 radical (unpaired) electrons. The molecule has 0 aliphatic rings. The number of carbonyl (C=O) groups is 1. The predicted octanol–water partition coefficient (Wildman–Crippen LogP) is 2.81. The van der Waals surface area contributed by atoms with Gasteiger partial charge in [0.25, 0.3) is 9.05 Å². The Hall–Kier alpha value is -0.860. The monoisotopic (exact) mass is 401 g/mol. The molecule has 21 heavy (non-hydrogen) atoms. The highest BCUT2D eigenvalue weighted by atomic mass is 79.9. The molecule has 0 unspecified atom stereocenters. The second kappa shape index (κ2) is 7.42. The van der Waals surface area contributed by atoms with E-state index in [9.17, 15) is 17.6 Å². The number of hydrogen-bond donors (Lipinski definition) is 1. The van der Waals surface area contributed by atoms with E-state index in [1.165, 1.54) is 0 Å². The molecule has 1 aromatic carbocycles. The first-order valence-corrected chi connectivity index (χ1v) is 9.07. The Labute approximate surface area is 135 Å². The summed E-state index contributed by atoms with van der Waals surface area (Å²) < 4.78 is 41.4. The van der Waals surface area contributed by atoms with Crippen LogP contribution in [-0.4, -0.2) is 27.0 Å². The molecule has 5 nitrogen and oxygen atoms in total. The lowest BCUT2D eigenvalue weighted by Gasteiger charge is -2.11. The summed E-state index contributed by atoms with van der Waals surface area (Å²) >= 11 is 3.07. The summed E-state index contributed by atoms with van der Waals surface area (Å²) in [5.41, 5.74) is 0. The average molecular weight is 403 g/mol. The Kier molecular flexibility index (Phi) is 6.42. The molecule has 0 fully saturated rings. The van der Waals surface area contributed by atoms with Gasteiger partial charge in [-0.3, -0.25) is 4.79 Å². The molecule has 0 atom stereocenters. The number of carbonyl (C=O) groups excluding carboxylic acids is 1. The van der Waals surface area contributed by atoms with Gasteiger partial charge in [0.2, 0.25) is 5.91 Å². The maximum Gasteiger partial charge on any atom is 0.264 e. The van der Waals surface area contributed by atoms with Gasteiger partial charge in [-0.15, -0.1) is 0 Å². The third kappa shape index (κ3) is 5.80. The number of benzene rings is 1. The second-order valence-electron chi connectivity index (χ2n) is 4.47. The van der Waals surface area contributed by atoms with Crippen molar-refractivity contribution < 1.29 is 22.3 Å². The Morgan fingerprint density at radius 1 is 1.48 bits per heavy atom. The summed E-state index contributed by atoms with van der Waals surface area (Å²) in [5, 5.41) is 2.68. The van der Waals surface area contributed by atoms with Crippen LogP contribution < -0.4 is 10.1 Å². The van der Waals surface area contributed by atoms with Crippen molar-refractivity contribution in [3.63, 3.8) is 0 Å². The molecule has 1 N–H and O–H groups in total. The molecule has 0 aromatic heterocycles. The zero-order chi connectivity index (χ0) is 16.2. The van der Waals surface area contributed by atoms with Gasteiger partial charge in [-0.1, -0.05) is 0 Å². The van der Waals surface area contributed by atoms with Crippen molar-refractivity contribution >= 4 is 41.6 Å². The smallest absolute Gasteiger partial charge is 0.264 e. The molecule has 1 rings (SSSR count). The van der Waals surface area contributed by atoms with Gasteiger partial charge in [-0.05, 0) is 35.8 Å². The Balaban J connectivity index is 2.74. The maximum atomic E-state index is 13.6. The topological polar surface area (TPSA) is 72.5 Å². The lowest BCUT2D eigenvalue weighted by atomic mass is 10.3. The van der Waals surface area contributed by atoms with Crippen LogP contribution in [-0.2, 0) is 13.8 Å². The zero-order valence-corrected chi connectivity index (χ0v) is 14.5. The summed E-state index contributed by atoms with van der Waals surface area (Å²) in [6.07, 6.45) is 0.0990. The molecule has 0 aliphatic heterocycles.